The van der Waals surface area contributed by atoms with Gasteiger partial charge in [-0.05, 0) is 67.3 Å². The number of alkyl halides is 3. The zero-order chi connectivity index (χ0) is 37.8. The average Bonchev–Trinajstić information content (AvgIpc) is 3.90. The Morgan fingerprint density at radius 3 is 2.19 bits per heavy atom. The molecule has 0 atom stereocenters. The van der Waals surface area contributed by atoms with Gasteiger partial charge in [-0.3, -0.25) is 14.4 Å². The third-order valence-corrected chi connectivity index (χ3v) is 8.45. The molecule has 5 N–H and O–H groups in total. The maximum Gasteiger partial charge on any atom is 0.422 e. The third-order valence-electron chi connectivity index (χ3n) is 8.20. The Balaban J connectivity index is 1.01. The number of nitrogens with one attached hydrogen (secondary N) is 5. The molecule has 0 unspecified atom stereocenters. The molecule has 1 heterocycles. The number of amides is 1. The summed E-state index contributed by atoms with van der Waals surface area (Å²) < 4.78 is 70.6. The predicted molar refractivity (Wildman–Crippen MR) is 188 cm³/mol. The second-order valence-corrected chi connectivity index (χ2v) is 12.6. The summed E-state index contributed by atoms with van der Waals surface area (Å²) in [5, 5.41) is 14.9. The van der Waals surface area contributed by atoms with Crippen molar-refractivity contribution in [1.29, 1.82) is 0 Å². The summed E-state index contributed by atoms with van der Waals surface area (Å²) >= 11 is 6.02. The van der Waals surface area contributed by atoms with Crippen LogP contribution in [0.25, 0.3) is 0 Å². The molecule has 18 heteroatoms. The molecule has 5 aromatic rings. The van der Waals surface area contributed by atoms with Crippen LogP contribution in [0.4, 0.5) is 50.9 Å². The molecule has 1 amide bonds. The molecule has 1 fully saturated rings. The van der Waals surface area contributed by atoms with E-state index in [9.17, 15) is 36.3 Å². The highest BCUT2D eigenvalue weighted by Gasteiger charge is 2.45. The van der Waals surface area contributed by atoms with Crippen LogP contribution in [0, 0.1) is 11.6 Å². The van der Waals surface area contributed by atoms with Crippen molar-refractivity contribution in [3.63, 3.8) is 0 Å². The molecule has 1 saturated carbocycles. The number of anilines is 5. The van der Waals surface area contributed by atoms with E-state index in [1.54, 1.807) is 24.3 Å². The lowest BCUT2D eigenvalue weighted by molar-refractivity contribution is -0.154. The molecule has 0 spiro atoms. The second-order valence-electron chi connectivity index (χ2n) is 12.1. The molecule has 12 nitrogen and oxygen atoms in total. The summed E-state index contributed by atoms with van der Waals surface area (Å²) in [6.07, 6.45) is -2.79. The summed E-state index contributed by atoms with van der Waals surface area (Å²) in [7, 11) is 0. The van der Waals surface area contributed by atoms with Crippen LogP contribution in [0.3, 0.4) is 0 Å². The van der Waals surface area contributed by atoms with Gasteiger partial charge in [-0.1, -0.05) is 29.8 Å². The zero-order valence-corrected chi connectivity index (χ0v) is 28.3. The summed E-state index contributed by atoms with van der Waals surface area (Å²) in [6, 6.07) is 15.8. The van der Waals surface area contributed by atoms with Crippen molar-refractivity contribution in [2.45, 2.75) is 37.5 Å². The van der Waals surface area contributed by atoms with Crippen LogP contribution in [-0.2, 0) is 12.1 Å². The summed E-state index contributed by atoms with van der Waals surface area (Å²) in [4.78, 5) is 49.1. The Morgan fingerprint density at radius 2 is 1.53 bits per heavy atom. The van der Waals surface area contributed by atoms with Gasteiger partial charge >= 0.3 is 12.2 Å². The van der Waals surface area contributed by atoms with E-state index in [1.165, 1.54) is 18.2 Å². The van der Waals surface area contributed by atoms with Crippen LogP contribution in [-0.4, -0.2) is 46.7 Å². The first kappa shape index (κ1) is 36.9. The highest BCUT2D eigenvalue weighted by Crippen LogP contribution is 2.48. The monoisotopic (exact) mass is 756 g/mol. The lowest BCUT2D eigenvalue weighted by Gasteiger charge is -2.19. The minimum absolute atomic E-state index is 0.00376. The van der Waals surface area contributed by atoms with Crippen LogP contribution in [0.15, 0.2) is 76.3 Å². The van der Waals surface area contributed by atoms with Gasteiger partial charge in [0.2, 0.25) is 11.9 Å². The Bertz CT molecular complexity index is 2170. The Labute approximate surface area is 302 Å². The molecule has 0 aliphatic heterocycles. The van der Waals surface area contributed by atoms with E-state index in [4.69, 9.17) is 16.3 Å². The number of halogens is 6. The van der Waals surface area contributed by atoms with Gasteiger partial charge in [0.05, 0.1) is 5.54 Å². The fourth-order valence-corrected chi connectivity index (χ4v) is 5.42. The molecule has 1 aliphatic rings. The van der Waals surface area contributed by atoms with E-state index in [0.29, 0.717) is 22.7 Å². The minimum Gasteiger partial charge on any atom is -0.454 e. The number of aromatic nitrogens is 3. The second kappa shape index (κ2) is 15.4. The van der Waals surface area contributed by atoms with Crippen LogP contribution >= 0.6 is 11.6 Å². The largest absolute Gasteiger partial charge is 0.454 e. The van der Waals surface area contributed by atoms with Gasteiger partial charge in [0.25, 0.3) is 16.8 Å². The zero-order valence-electron chi connectivity index (χ0n) is 27.5. The molecular formula is C35H30ClF5N8O4. The summed E-state index contributed by atoms with van der Waals surface area (Å²) in [5.41, 5.74) is -0.243. The van der Waals surface area contributed by atoms with E-state index in [0.717, 1.165) is 30.5 Å². The number of hydrogen-bond acceptors (Lipinski definition) is 11. The molecule has 4 aromatic carbocycles. The van der Waals surface area contributed by atoms with Gasteiger partial charge in [-0.25, -0.2) is 8.78 Å². The van der Waals surface area contributed by atoms with Crippen molar-refractivity contribution >= 4 is 46.5 Å². The van der Waals surface area contributed by atoms with E-state index in [1.807, 2.05) is 12.1 Å². The molecule has 53 heavy (non-hydrogen) atoms. The van der Waals surface area contributed by atoms with E-state index < -0.39 is 52.7 Å². The fourth-order valence-electron chi connectivity index (χ4n) is 5.29. The van der Waals surface area contributed by atoms with E-state index in [-0.39, 0.29) is 48.5 Å². The Hall–Kier alpha value is -5.84. The molecule has 6 rings (SSSR count). The SMILES string of the molecule is O=C(NCCCNc1c(NCc2ccc(F)cc2F)c(=O)c1=O)c1ccc(Nc2nc(NC3(c4ccc(Cl)cc4)CC3)nc(OCC(F)(F)F)n2)cc1. The van der Waals surface area contributed by atoms with Gasteiger partial charge in [0, 0.05) is 47.5 Å². The standard InChI is InChI=1S/C35H30ClF5N8O4/c36-22-7-5-21(6-8-22)34(12-13-34)49-32-46-31(47-33(48-32)53-18-35(39,40)41)45-24-10-3-19(4-11-24)30(52)43-15-1-14-42-26-27(29(51)28(26)50)44-17-20-2-9-23(37)16-25(20)38/h2-11,16,42,44H,1,12-15,17-18H2,(H,43,52)(H2,45,46,47,48,49). The lowest BCUT2D eigenvalue weighted by atomic mass is 10.1. The average molecular weight is 757 g/mol. The number of carbonyl (C=O) groups excluding carboxylic acids is 1. The van der Waals surface area contributed by atoms with E-state index >= 15 is 0 Å². The first-order valence-electron chi connectivity index (χ1n) is 16.2. The quantitative estimate of drug-likeness (QED) is 0.0455. The van der Waals surface area contributed by atoms with Crippen molar-refractivity contribution in [1.82, 2.24) is 20.3 Å². The predicted octanol–water partition coefficient (Wildman–Crippen LogP) is 6.03. The van der Waals surface area contributed by atoms with Crippen molar-refractivity contribution in [3.05, 3.63) is 121 Å². The van der Waals surface area contributed by atoms with E-state index in [2.05, 4.69) is 41.5 Å². The maximum absolute atomic E-state index is 13.9. The number of ether oxygens (including phenoxy) is 1. The fraction of sp³-hybridized carbons (Fsp3) is 0.257. The first-order valence-corrected chi connectivity index (χ1v) is 16.6. The van der Waals surface area contributed by atoms with Crippen LogP contribution < -0.4 is 42.2 Å². The maximum atomic E-state index is 13.9. The normalized spacial score (nSPS) is 13.3. The Kier molecular flexibility index (Phi) is 10.7. The summed E-state index contributed by atoms with van der Waals surface area (Å²) in [6.45, 7) is -1.30. The van der Waals surface area contributed by atoms with Gasteiger partial charge in [0.1, 0.15) is 23.0 Å². The number of benzene rings is 3. The molecule has 1 aliphatic carbocycles. The number of rotatable bonds is 16. The van der Waals surface area contributed by atoms with Crippen LogP contribution in [0.5, 0.6) is 6.01 Å². The van der Waals surface area contributed by atoms with Crippen molar-refractivity contribution in [3.8, 4) is 6.01 Å². The molecule has 276 valence electrons. The number of hydrogen-bond donors (Lipinski definition) is 5. The minimum atomic E-state index is -4.62. The van der Waals surface area contributed by atoms with Crippen LogP contribution in [0.1, 0.15) is 40.7 Å². The van der Waals surface area contributed by atoms with Crippen molar-refractivity contribution < 1.29 is 31.5 Å². The molecule has 0 bridgehead atoms. The Morgan fingerprint density at radius 1 is 0.849 bits per heavy atom. The van der Waals surface area contributed by atoms with Crippen LogP contribution in [0.2, 0.25) is 5.02 Å². The molecule has 1 aromatic heterocycles. The lowest BCUT2D eigenvalue weighted by Crippen LogP contribution is -2.37. The van der Waals surface area contributed by atoms with Gasteiger partial charge in [0.15, 0.2) is 6.61 Å². The third kappa shape index (κ3) is 9.34. The highest BCUT2D eigenvalue weighted by atomic mass is 35.5. The van der Waals surface area contributed by atoms with Crippen molar-refractivity contribution in [2.75, 3.05) is 41.0 Å². The van der Waals surface area contributed by atoms with Crippen molar-refractivity contribution in [2.24, 2.45) is 0 Å². The number of carbonyl (C=O) groups is 1. The molecule has 0 radical (unpaired) electrons. The number of nitrogens with zero attached hydrogens (tertiary/aromatic N) is 3. The molecular weight excluding hydrogens is 727 g/mol. The van der Waals surface area contributed by atoms with Gasteiger partial charge in [-0.15, -0.1) is 0 Å². The smallest absolute Gasteiger partial charge is 0.422 e. The summed E-state index contributed by atoms with van der Waals surface area (Å²) in [5.74, 6) is -2.03. The van der Waals surface area contributed by atoms with Gasteiger partial charge in [-0.2, -0.15) is 28.1 Å². The highest BCUT2D eigenvalue weighted by molar-refractivity contribution is 6.30. The van der Waals surface area contributed by atoms with Gasteiger partial charge < -0.3 is 31.3 Å². The topological polar surface area (TPSA) is 159 Å². The first-order chi connectivity index (χ1) is 25.3. The molecule has 0 saturated heterocycles.